The van der Waals surface area contributed by atoms with Gasteiger partial charge in [-0.05, 0) is 18.9 Å². The molecule has 1 aromatic heterocycles. The van der Waals surface area contributed by atoms with E-state index in [1.54, 1.807) is 6.20 Å². The Morgan fingerprint density at radius 1 is 1.36 bits per heavy atom. The van der Waals surface area contributed by atoms with Crippen molar-refractivity contribution in [3.8, 4) is 0 Å². The van der Waals surface area contributed by atoms with Gasteiger partial charge >= 0.3 is 0 Å². The summed E-state index contributed by atoms with van der Waals surface area (Å²) >= 11 is 10.4. The number of aromatic nitrogens is 1. The minimum atomic E-state index is 0. The van der Waals surface area contributed by atoms with Crippen molar-refractivity contribution in [3.05, 3.63) is 17.3 Å². The Morgan fingerprint density at radius 3 is 2.64 bits per heavy atom. The minimum absolute atomic E-state index is 0. The Morgan fingerprint density at radius 2 is 2.00 bits per heavy atom. The van der Waals surface area contributed by atoms with Crippen molar-refractivity contribution in [1.29, 1.82) is 0 Å². The van der Waals surface area contributed by atoms with Gasteiger partial charge in [-0.3, -0.25) is 0 Å². The molecule has 1 radical (unpaired) electrons. The largest absolute Gasteiger partial charge is 0.355 e. The number of rotatable bonds is 1. The summed E-state index contributed by atoms with van der Waals surface area (Å²) in [5.74, 6) is 0.881. The molecule has 2 rings (SSSR count). The van der Waals surface area contributed by atoms with E-state index in [9.17, 15) is 0 Å². The average Bonchev–Trinajstić information content (AvgIpc) is 2.62. The van der Waals surface area contributed by atoms with Crippen LogP contribution >= 0.6 is 24.2 Å². The molecular weight excluding hydrogens is 227 g/mol. The first-order valence-corrected chi connectivity index (χ1v) is 5.20. The van der Waals surface area contributed by atoms with Gasteiger partial charge in [0.15, 0.2) is 0 Å². The van der Waals surface area contributed by atoms with E-state index in [1.165, 1.54) is 12.8 Å². The van der Waals surface area contributed by atoms with Crippen LogP contribution in [0.15, 0.2) is 17.2 Å². The summed E-state index contributed by atoms with van der Waals surface area (Å²) in [5, 5.41) is 0.674. The van der Waals surface area contributed by atoms with Gasteiger partial charge in [0.05, 0.1) is 5.02 Å². The number of nitrogens with zero attached hydrogens (tertiary/aromatic N) is 2. The second-order valence-electron chi connectivity index (χ2n) is 3.16. The third-order valence-corrected chi connectivity index (χ3v) is 3.13. The summed E-state index contributed by atoms with van der Waals surface area (Å²) in [7, 11) is 0. The second kappa shape index (κ2) is 5.61. The predicted octanol–water partition coefficient (Wildman–Crippen LogP) is 2.24. The Bertz CT molecular complexity index is 316. The number of hydrogen-bond donors (Lipinski definition) is 1. The molecule has 5 heteroatoms. The van der Waals surface area contributed by atoms with Crippen LogP contribution in [0.2, 0.25) is 5.02 Å². The summed E-state index contributed by atoms with van der Waals surface area (Å²) < 4.78 is 0. The molecule has 0 aromatic carbocycles. The first kappa shape index (κ1) is 12.7. The standard InChI is InChI=1S/C9H11ClN2S.Na/c10-8-7(13)3-4-11-9(8)12-5-1-2-6-12;/h3-4H,1-2,5-6H2,(H,11,13);. The first-order valence-electron chi connectivity index (χ1n) is 4.37. The first-order chi connectivity index (χ1) is 6.29. The molecule has 0 bridgehead atoms. The number of halogens is 1. The van der Waals surface area contributed by atoms with Gasteiger partial charge < -0.3 is 4.90 Å². The quantitative estimate of drug-likeness (QED) is 0.596. The van der Waals surface area contributed by atoms with Crippen LogP contribution in [0.3, 0.4) is 0 Å². The van der Waals surface area contributed by atoms with Gasteiger partial charge in [-0.1, -0.05) is 11.6 Å². The molecule has 0 atom stereocenters. The van der Waals surface area contributed by atoms with Crippen molar-refractivity contribution >= 4 is 59.6 Å². The van der Waals surface area contributed by atoms with Crippen molar-refractivity contribution in [2.24, 2.45) is 0 Å². The molecule has 0 aliphatic carbocycles. The molecule has 2 nitrogen and oxygen atoms in total. The van der Waals surface area contributed by atoms with Crippen molar-refractivity contribution in [1.82, 2.24) is 4.98 Å². The summed E-state index contributed by atoms with van der Waals surface area (Å²) in [4.78, 5) is 7.28. The Hall–Kier alpha value is 0.590. The van der Waals surface area contributed by atoms with Gasteiger partial charge in [0, 0.05) is 53.7 Å². The molecule has 1 saturated heterocycles. The van der Waals surface area contributed by atoms with Crippen LogP contribution in [-0.2, 0) is 0 Å². The predicted molar refractivity (Wildman–Crippen MR) is 63.7 cm³/mol. The fraction of sp³-hybridized carbons (Fsp3) is 0.444. The molecule has 0 unspecified atom stereocenters. The maximum absolute atomic E-state index is 6.09. The molecule has 0 spiro atoms. The molecular formula is C9H11ClN2NaS. The Kier molecular flexibility index (Phi) is 5.08. The van der Waals surface area contributed by atoms with Crippen LogP contribution in [0, 0.1) is 0 Å². The minimum Gasteiger partial charge on any atom is -0.355 e. The van der Waals surface area contributed by atoms with Gasteiger partial charge in [-0.25, -0.2) is 4.98 Å². The maximum Gasteiger partial charge on any atom is 0.148 e. The van der Waals surface area contributed by atoms with Gasteiger partial charge in [0.1, 0.15) is 5.82 Å². The van der Waals surface area contributed by atoms with Crippen LogP contribution in [0.5, 0.6) is 0 Å². The van der Waals surface area contributed by atoms with Crippen LogP contribution in [0.25, 0.3) is 0 Å². The van der Waals surface area contributed by atoms with Crippen LogP contribution in [-0.4, -0.2) is 47.6 Å². The molecule has 2 heterocycles. The van der Waals surface area contributed by atoms with Gasteiger partial charge in [0.2, 0.25) is 0 Å². The van der Waals surface area contributed by atoms with E-state index in [0.29, 0.717) is 5.02 Å². The van der Waals surface area contributed by atoms with Gasteiger partial charge in [0.25, 0.3) is 0 Å². The van der Waals surface area contributed by atoms with Crippen molar-refractivity contribution in [3.63, 3.8) is 0 Å². The zero-order valence-corrected chi connectivity index (χ0v) is 11.9. The zero-order chi connectivity index (χ0) is 9.26. The van der Waals surface area contributed by atoms with Crippen LogP contribution < -0.4 is 4.90 Å². The normalized spacial score (nSPS) is 15.4. The van der Waals surface area contributed by atoms with E-state index in [4.69, 9.17) is 11.6 Å². The fourth-order valence-electron chi connectivity index (χ4n) is 1.57. The van der Waals surface area contributed by atoms with Crippen molar-refractivity contribution in [2.45, 2.75) is 17.7 Å². The maximum atomic E-state index is 6.09. The van der Waals surface area contributed by atoms with E-state index < -0.39 is 0 Å². The van der Waals surface area contributed by atoms with Crippen LogP contribution in [0.4, 0.5) is 5.82 Å². The monoisotopic (exact) mass is 237 g/mol. The van der Waals surface area contributed by atoms with E-state index >= 15 is 0 Å². The molecule has 14 heavy (non-hydrogen) atoms. The van der Waals surface area contributed by atoms with E-state index in [-0.39, 0.29) is 29.6 Å². The number of hydrogen-bond acceptors (Lipinski definition) is 3. The Balaban J connectivity index is 0.000000980. The molecule has 1 aliphatic heterocycles. The van der Waals surface area contributed by atoms with E-state index in [2.05, 4.69) is 22.5 Å². The van der Waals surface area contributed by atoms with Crippen LogP contribution in [0.1, 0.15) is 12.8 Å². The molecule has 0 N–H and O–H groups in total. The molecule has 0 saturated carbocycles. The molecule has 1 aromatic rings. The Labute approximate surface area is 117 Å². The fourth-order valence-corrected chi connectivity index (χ4v) is 1.97. The summed E-state index contributed by atoms with van der Waals surface area (Å²) in [6.45, 7) is 2.12. The second-order valence-corrected chi connectivity index (χ2v) is 4.02. The smallest absolute Gasteiger partial charge is 0.148 e. The summed E-state index contributed by atoms with van der Waals surface area (Å²) in [6.07, 6.45) is 4.21. The summed E-state index contributed by atoms with van der Waals surface area (Å²) in [6, 6.07) is 1.81. The zero-order valence-electron chi connectivity index (χ0n) is 8.20. The third kappa shape index (κ3) is 2.58. The molecule has 1 fully saturated rings. The summed E-state index contributed by atoms with van der Waals surface area (Å²) in [5.41, 5.74) is 0. The molecule has 1 aliphatic rings. The van der Waals surface area contributed by atoms with E-state index in [0.717, 1.165) is 23.8 Å². The topological polar surface area (TPSA) is 16.1 Å². The van der Waals surface area contributed by atoms with E-state index in [1.807, 2.05) is 6.07 Å². The van der Waals surface area contributed by atoms with Gasteiger partial charge in [-0.2, -0.15) is 0 Å². The number of thiol groups is 1. The molecule has 0 amide bonds. The number of anilines is 1. The average molecular weight is 238 g/mol. The van der Waals surface area contributed by atoms with Crippen molar-refractivity contribution in [2.75, 3.05) is 18.0 Å². The molecule has 71 valence electrons. The van der Waals surface area contributed by atoms with Crippen molar-refractivity contribution < 1.29 is 0 Å². The third-order valence-electron chi connectivity index (χ3n) is 2.26. The SMILES string of the molecule is Sc1ccnc(N2CCCC2)c1Cl.[Na]. The number of pyridine rings is 1. The van der Waals surface area contributed by atoms with Gasteiger partial charge in [-0.15, -0.1) is 12.6 Å².